The molecule has 0 spiro atoms. The fraction of sp³-hybridized carbons (Fsp3) is 0.588. The molecule has 3 nitrogen and oxygen atoms in total. The quantitative estimate of drug-likeness (QED) is 0.848. The predicted octanol–water partition coefficient (Wildman–Crippen LogP) is 2.98. The third kappa shape index (κ3) is 3.40. The van der Waals surface area contributed by atoms with Crippen molar-refractivity contribution in [3.05, 3.63) is 35.4 Å². The van der Waals surface area contributed by atoms with Gasteiger partial charge in [-0.15, -0.1) is 0 Å². The first-order valence-electron chi connectivity index (χ1n) is 7.46. The lowest BCUT2D eigenvalue weighted by atomic mass is 9.86. The highest BCUT2D eigenvalue weighted by Crippen LogP contribution is 2.27. The fourth-order valence-corrected chi connectivity index (χ4v) is 2.80. The van der Waals surface area contributed by atoms with Gasteiger partial charge in [0.15, 0.2) is 0 Å². The second kappa shape index (κ2) is 6.40. The Balaban J connectivity index is 2.19. The molecule has 0 aliphatic carbocycles. The minimum atomic E-state index is -0.0547. The summed E-state index contributed by atoms with van der Waals surface area (Å²) in [6, 6.07) is 8.34. The van der Waals surface area contributed by atoms with Gasteiger partial charge in [0.2, 0.25) is 5.91 Å². The van der Waals surface area contributed by atoms with Gasteiger partial charge in [0, 0.05) is 13.1 Å². The van der Waals surface area contributed by atoms with E-state index in [1.165, 1.54) is 5.56 Å². The van der Waals surface area contributed by atoms with Gasteiger partial charge >= 0.3 is 0 Å². The first-order valence-corrected chi connectivity index (χ1v) is 7.46. The summed E-state index contributed by atoms with van der Waals surface area (Å²) in [6.07, 6.45) is 0.138. The molecule has 1 amide bonds. The molecule has 0 saturated carbocycles. The molecular weight excluding hydrogens is 250 g/mol. The van der Waals surface area contributed by atoms with E-state index in [2.05, 4.69) is 45.0 Å². The Bertz CT molecular complexity index is 453. The Hall–Kier alpha value is -1.35. The Morgan fingerprint density at radius 3 is 2.50 bits per heavy atom. The Labute approximate surface area is 121 Å². The van der Waals surface area contributed by atoms with E-state index in [-0.39, 0.29) is 17.9 Å². The number of carbonyl (C=O) groups is 1. The van der Waals surface area contributed by atoms with Gasteiger partial charge in [-0.3, -0.25) is 4.79 Å². The summed E-state index contributed by atoms with van der Waals surface area (Å²) >= 11 is 0. The minimum Gasteiger partial charge on any atom is -0.375 e. The van der Waals surface area contributed by atoms with Crippen molar-refractivity contribution in [2.75, 3.05) is 19.7 Å². The fourth-order valence-electron chi connectivity index (χ4n) is 2.80. The Kier molecular flexibility index (Phi) is 4.81. The van der Waals surface area contributed by atoms with Crippen molar-refractivity contribution in [1.29, 1.82) is 0 Å². The monoisotopic (exact) mass is 275 g/mol. The zero-order chi connectivity index (χ0) is 14.7. The maximum absolute atomic E-state index is 12.8. The van der Waals surface area contributed by atoms with Crippen molar-refractivity contribution in [2.24, 2.45) is 5.92 Å². The molecule has 1 heterocycles. The molecule has 20 heavy (non-hydrogen) atoms. The molecule has 0 aromatic heterocycles. The van der Waals surface area contributed by atoms with Gasteiger partial charge < -0.3 is 9.64 Å². The maximum Gasteiger partial charge on any atom is 0.230 e. The van der Waals surface area contributed by atoms with Gasteiger partial charge in [0.1, 0.15) is 0 Å². The molecule has 1 saturated heterocycles. The minimum absolute atomic E-state index is 0.0547. The standard InChI is InChI=1S/C17H25NO2/c1-12(2)16(15-7-5-13(3)6-8-15)17(19)18-9-10-20-14(4)11-18/h5-8,12,14,16H,9-11H2,1-4H3. The maximum atomic E-state index is 12.8. The van der Waals surface area contributed by atoms with Crippen LogP contribution in [0.2, 0.25) is 0 Å². The van der Waals surface area contributed by atoms with Crippen LogP contribution in [0.3, 0.4) is 0 Å². The Morgan fingerprint density at radius 1 is 1.30 bits per heavy atom. The SMILES string of the molecule is Cc1ccc(C(C(=O)N2CCOC(C)C2)C(C)C)cc1. The third-order valence-corrected chi connectivity index (χ3v) is 3.92. The van der Waals surface area contributed by atoms with Crippen LogP contribution in [0, 0.1) is 12.8 Å². The molecule has 1 fully saturated rings. The highest BCUT2D eigenvalue weighted by molar-refractivity contribution is 5.84. The summed E-state index contributed by atoms with van der Waals surface area (Å²) in [6.45, 7) is 10.4. The molecule has 1 aliphatic heterocycles. The van der Waals surface area contributed by atoms with Crippen molar-refractivity contribution in [3.63, 3.8) is 0 Å². The van der Waals surface area contributed by atoms with Crippen LogP contribution in [-0.2, 0) is 9.53 Å². The summed E-state index contributed by atoms with van der Waals surface area (Å²) in [5.74, 6) is 0.475. The van der Waals surface area contributed by atoms with E-state index in [4.69, 9.17) is 4.74 Å². The van der Waals surface area contributed by atoms with Crippen LogP contribution in [0.5, 0.6) is 0 Å². The van der Waals surface area contributed by atoms with Crippen molar-refractivity contribution in [1.82, 2.24) is 4.90 Å². The average Bonchev–Trinajstić information content (AvgIpc) is 2.41. The van der Waals surface area contributed by atoms with Crippen molar-refractivity contribution in [2.45, 2.75) is 39.7 Å². The van der Waals surface area contributed by atoms with Crippen LogP contribution >= 0.6 is 0 Å². The summed E-state index contributed by atoms with van der Waals surface area (Å²) in [5, 5.41) is 0. The third-order valence-electron chi connectivity index (χ3n) is 3.92. The number of aryl methyl sites for hydroxylation is 1. The van der Waals surface area contributed by atoms with Crippen LogP contribution in [-0.4, -0.2) is 36.6 Å². The van der Waals surface area contributed by atoms with Gasteiger partial charge in [-0.05, 0) is 25.3 Å². The highest BCUT2D eigenvalue weighted by Gasteiger charge is 2.30. The molecule has 2 unspecified atom stereocenters. The topological polar surface area (TPSA) is 29.5 Å². The van der Waals surface area contributed by atoms with Crippen molar-refractivity contribution < 1.29 is 9.53 Å². The van der Waals surface area contributed by atoms with Crippen molar-refractivity contribution >= 4 is 5.91 Å². The molecule has 110 valence electrons. The summed E-state index contributed by atoms with van der Waals surface area (Å²) in [7, 11) is 0. The number of benzene rings is 1. The lowest BCUT2D eigenvalue weighted by Crippen LogP contribution is -2.47. The molecule has 1 aromatic carbocycles. The molecule has 1 aliphatic rings. The van der Waals surface area contributed by atoms with Crippen LogP contribution < -0.4 is 0 Å². The van der Waals surface area contributed by atoms with Crippen LogP contribution in [0.4, 0.5) is 0 Å². The van der Waals surface area contributed by atoms with E-state index in [1.54, 1.807) is 0 Å². The second-order valence-electron chi connectivity index (χ2n) is 6.10. The Morgan fingerprint density at radius 2 is 1.95 bits per heavy atom. The van der Waals surface area contributed by atoms with E-state index in [0.717, 1.165) is 5.56 Å². The molecule has 0 bridgehead atoms. The summed E-state index contributed by atoms with van der Waals surface area (Å²) in [4.78, 5) is 14.8. The van der Waals surface area contributed by atoms with Crippen LogP contribution in [0.1, 0.15) is 37.8 Å². The second-order valence-corrected chi connectivity index (χ2v) is 6.10. The highest BCUT2D eigenvalue weighted by atomic mass is 16.5. The van der Waals surface area contributed by atoms with Crippen LogP contribution in [0.25, 0.3) is 0 Å². The van der Waals surface area contributed by atoms with Gasteiger partial charge in [-0.2, -0.15) is 0 Å². The lowest BCUT2D eigenvalue weighted by Gasteiger charge is -2.35. The predicted molar refractivity (Wildman–Crippen MR) is 80.8 cm³/mol. The number of hydrogen-bond donors (Lipinski definition) is 0. The number of rotatable bonds is 3. The first-order chi connectivity index (χ1) is 9.49. The summed E-state index contributed by atoms with van der Waals surface area (Å²) < 4.78 is 5.53. The van der Waals surface area contributed by atoms with E-state index < -0.39 is 0 Å². The van der Waals surface area contributed by atoms with Gasteiger partial charge in [0.05, 0.1) is 18.6 Å². The van der Waals surface area contributed by atoms with E-state index >= 15 is 0 Å². The molecule has 0 N–H and O–H groups in total. The van der Waals surface area contributed by atoms with E-state index in [1.807, 2.05) is 11.8 Å². The number of amides is 1. The lowest BCUT2D eigenvalue weighted by molar-refractivity contribution is -0.140. The summed E-state index contributed by atoms with van der Waals surface area (Å²) in [5.41, 5.74) is 2.35. The number of carbonyl (C=O) groups excluding carboxylic acids is 1. The number of ether oxygens (including phenoxy) is 1. The molecule has 0 radical (unpaired) electrons. The zero-order valence-corrected chi connectivity index (χ0v) is 12.9. The molecule has 1 aromatic rings. The molecule has 2 atom stereocenters. The first kappa shape index (κ1) is 15.0. The van der Waals surface area contributed by atoms with Gasteiger partial charge in [-0.25, -0.2) is 0 Å². The normalized spacial score (nSPS) is 21.1. The van der Waals surface area contributed by atoms with Gasteiger partial charge in [-0.1, -0.05) is 43.7 Å². The molecule has 2 rings (SSSR count). The average molecular weight is 275 g/mol. The van der Waals surface area contributed by atoms with E-state index in [0.29, 0.717) is 25.6 Å². The van der Waals surface area contributed by atoms with Crippen molar-refractivity contribution in [3.8, 4) is 0 Å². The number of morpholine rings is 1. The van der Waals surface area contributed by atoms with Crippen LogP contribution in [0.15, 0.2) is 24.3 Å². The molecule has 3 heteroatoms. The van der Waals surface area contributed by atoms with E-state index in [9.17, 15) is 4.79 Å². The number of nitrogens with zero attached hydrogens (tertiary/aromatic N) is 1. The largest absolute Gasteiger partial charge is 0.375 e. The molecular formula is C17H25NO2. The number of hydrogen-bond acceptors (Lipinski definition) is 2. The van der Waals surface area contributed by atoms with Gasteiger partial charge in [0.25, 0.3) is 0 Å². The smallest absolute Gasteiger partial charge is 0.230 e. The zero-order valence-electron chi connectivity index (χ0n) is 12.9.